The van der Waals surface area contributed by atoms with E-state index in [1.807, 2.05) is 13.8 Å². The predicted octanol–water partition coefficient (Wildman–Crippen LogP) is 13.7. The molecule has 478 valence electrons. The Hall–Kier alpha value is -4.17. The average molecular weight is 1210 g/mol. The molecule has 6 heterocycles. The summed E-state index contributed by atoms with van der Waals surface area (Å²) in [6.07, 6.45) is 28.2. The van der Waals surface area contributed by atoms with Gasteiger partial charge < -0.3 is 44.6 Å². The van der Waals surface area contributed by atoms with Crippen molar-refractivity contribution >= 4 is 28.4 Å². The first kappa shape index (κ1) is 58.6. The number of rotatable bonds is 7. The van der Waals surface area contributed by atoms with E-state index < -0.39 is 62.3 Å². The van der Waals surface area contributed by atoms with Crippen LogP contribution < -0.4 is 5.32 Å². The second-order valence-corrected chi connectivity index (χ2v) is 34.2. The number of nitrogens with one attached hydrogen (secondary N) is 3. The van der Waals surface area contributed by atoms with E-state index in [0.717, 1.165) is 146 Å². The number of nitrogens with zero attached hydrogens (tertiary/aromatic N) is 1. The average Bonchev–Trinajstić information content (AvgIpc) is 1.63. The number of hydrogen-bond acceptors (Lipinski definition) is 9. The first-order valence-electron chi connectivity index (χ1n) is 36.0. The Balaban J connectivity index is 0.859. The third-order valence-electron chi connectivity index (χ3n) is 29.9. The number of Topliss-reactive ketones (excluding diaryl/α,β-unsaturated/α-hetero) is 3. The Morgan fingerprint density at radius 1 is 0.809 bits per heavy atom. The highest BCUT2D eigenvalue weighted by Crippen LogP contribution is 2.84. The van der Waals surface area contributed by atoms with Crippen LogP contribution in [0.2, 0.25) is 0 Å². The second-order valence-electron chi connectivity index (χ2n) is 34.2. The number of ether oxygens (including phenoxy) is 2. The molecule has 89 heavy (non-hydrogen) atoms. The van der Waals surface area contributed by atoms with Gasteiger partial charge >= 0.3 is 0 Å². The maximum atomic E-state index is 16.5. The monoisotopic (exact) mass is 1210 g/mol. The fraction of sp³-hybridized carbons (Fsp3) is 0.727. The number of aromatic amines is 2. The smallest absolute Gasteiger partial charge is 0.160 e. The number of carbonyl (C=O) groups excluding carboxylic acids is 3. The predicted molar refractivity (Wildman–Crippen MR) is 343 cm³/mol. The van der Waals surface area contributed by atoms with Crippen LogP contribution in [0.1, 0.15) is 270 Å². The molecule has 17 rings (SSSR count). The lowest BCUT2D eigenvalue weighted by atomic mass is 9.27. The van der Waals surface area contributed by atoms with Crippen molar-refractivity contribution in [3.63, 3.8) is 0 Å². The molecule has 7 saturated carbocycles. The van der Waals surface area contributed by atoms with E-state index in [1.165, 1.54) is 42.5 Å². The van der Waals surface area contributed by atoms with Crippen LogP contribution in [0.25, 0.3) is 11.0 Å². The van der Waals surface area contributed by atoms with Crippen molar-refractivity contribution in [2.24, 2.45) is 50.2 Å². The maximum absolute atomic E-state index is 16.5. The lowest BCUT2D eigenvalue weighted by molar-refractivity contribution is -0.271. The minimum atomic E-state index is -1.07. The first-order chi connectivity index (χ1) is 42.6. The summed E-state index contributed by atoms with van der Waals surface area (Å²) >= 11 is 0. The number of aryl methyl sites for hydroxylation is 1. The lowest BCUT2D eigenvalue weighted by Crippen LogP contribution is -2.75. The Labute approximate surface area is 527 Å². The van der Waals surface area contributed by atoms with Crippen molar-refractivity contribution in [1.82, 2.24) is 19.9 Å². The molecule has 6 N–H and O–H groups in total. The van der Waals surface area contributed by atoms with Crippen LogP contribution in [-0.2, 0) is 48.8 Å². The normalized spacial score (nSPS) is 43.1. The molecule has 13 aliphatic rings. The molecule has 0 radical (unpaired) electrons. The number of hydrogen-bond donors (Lipinski definition) is 6. The van der Waals surface area contributed by atoms with Gasteiger partial charge in [-0.1, -0.05) is 84.8 Å². The summed E-state index contributed by atoms with van der Waals surface area (Å²) in [4.78, 5) is 55.8. The number of fused-ring (bicyclic) bond motifs is 10. The van der Waals surface area contributed by atoms with Gasteiger partial charge in [-0.05, 0) is 214 Å². The van der Waals surface area contributed by atoms with E-state index in [1.54, 1.807) is 0 Å². The van der Waals surface area contributed by atoms with Gasteiger partial charge in [0.25, 0.3) is 0 Å². The van der Waals surface area contributed by atoms with Gasteiger partial charge in [0, 0.05) is 90.4 Å². The summed E-state index contributed by atoms with van der Waals surface area (Å²) in [7, 11) is 2.08. The molecule has 12 heteroatoms. The summed E-state index contributed by atoms with van der Waals surface area (Å²) in [5.74, 6) is 0.00580. The zero-order valence-electron chi connectivity index (χ0n) is 54.7. The van der Waals surface area contributed by atoms with Gasteiger partial charge in [-0.25, -0.2) is 0 Å². The van der Waals surface area contributed by atoms with Crippen molar-refractivity contribution in [1.29, 1.82) is 0 Å². The molecule has 3 aliphatic heterocycles. The first-order valence-corrected chi connectivity index (χ1v) is 36.0. The highest BCUT2D eigenvalue weighted by atomic mass is 16.6. The van der Waals surface area contributed by atoms with Gasteiger partial charge in [0.05, 0.1) is 58.5 Å². The topological polar surface area (TPSA) is 182 Å². The summed E-state index contributed by atoms with van der Waals surface area (Å²) in [5, 5.41) is 44.5. The van der Waals surface area contributed by atoms with Crippen LogP contribution >= 0.6 is 0 Å². The highest BCUT2D eigenvalue weighted by Gasteiger charge is 2.81. The molecule has 2 saturated heterocycles. The molecule has 4 aromatic rings. The van der Waals surface area contributed by atoms with Gasteiger partial charge in [-0.2, -0.15) is 0 Å². The fourth-order valence-corrected chi connectivity index (χ4v) is 25.9. The quantitative estimate of drug-likeness (QED) is 0.0981. The van der Waals surface area contributed by atoms with Crippen molar-refractivity contribution in [2.45, 2.75) is 286 Å². The third kappa shape index (κ3) is 7.83. The van der Waals surface area contributed by atoms with Crippen LogP contribution in [0.4, 0.5) is 0 Å². The van der Waals surface area contributed by atoms with E-state index in [9.17, 15) is 15.3 Å². The number of ketones is 3. The van der Waals surface area contributed by atoms with Crippen LogP contribution in [0, 0.1) is 50.2 Å². The Kier molecular flexibility index (Phi) is 13.0. The summed E-state index contributed by atoms with van der Waals surface area (Å²) in [6.45, 7) is 14.8. The zero-order valence-corrected chi connectivity index (χ0v) is 54.7. The number of carbonyl (C=O) groups is 3. The van der Waals surface area contributed by atoms with E-state index in [-0.39, 0.29) is 52.5 Å². The maximum Gasteiger partial charge on any atom is 0.160 e. The molecule has 3 spiro atoms. The number of aliphatic hydroxyl groups is 3. The lowest BCUT2D eigenvalue weighted by Gasteiger charge is -2.76. The fourth-order valence-electron chi connectivity index (χ4n) is 25.9. The molecular weight excluding hydrogens is 1110 g/mol. The van der Waals surface area contributed by atoms with E-state index in [2.05, 4.69) is 91.4 Å². The number of aromatic nitrogens is 3. The van der Waals surface area contributed by atoms with Gasteiger partial charge in [-0.15, -0.1) is 0 Å². The van der Waals surface area contributed by atoms with Crippen LogP contribution in [0.5, 0.6) is 0 Å². The third-order valence-corrected chi connectivity index (χ3v) is 29.9. The van der Waals surface area contributed by atoms with Crippen LogP contribution in [0.3, 0.4) is 0 Å². The molecule has 0 amide bonds. The Morgan fingerprint density at radius 2 is 1.60 bits per heavy atom. The summed E-state index contributed by atoms with van der Waals surface area (Å²) < 4.78 is 15.4. The van der Waals surface area contributed by atoms with Crippen LogP contribution in [-0.4, -0.2) is 96.4 Å². The Morgan fingerprint density at radius 3 is 2.37 bits per heavy atom. The minimum Gasteiger partial charge on any atom is -0.392 e. The van der Waals surface area contributed by atoms with Gasteiger partial charge in [-0.3, -0.25) is 14.4 Å². The second kappa shape index (κ2) is 19.7. The number of aliphatic hydroxyl groups excluding tert-OH is 2. The van der Waals surface area contributed by atoms with Crippen molar-refractivity contribution < 1.29 is 39.2 Å². The highest BCUT2D eigenvalue weighted by molar-refractivity contribution is 6.02. The molecular formula is C77H102N4O8. The largest absolute Gasteiger partial charge is 0.392 e. The van der Waals surface area contributed by atoms with Gasteiger partial charge in [0.1, 0.15) is 17.7 Å². The number of allylic oxidation sites excluding steroid dienone is 1. The molecule has 0 unspecified atom stereocenters. The summed E-state index contributed by atoms with van der Waals surface area (Å²) in [6, 6.07) is 7.29. The molecule has 12 nitrogen and oxygen atoms in total. The molecule has 1 aromatic carbocycles. The molecule has 17 atom stereocenters. The van der Waals surface area contributed by atoms with Crippen molar-refractivity contribution in [2.75, 3.05) is 13.7 Å². The van der Waals surface area contributed by atoms with Crippen molar-refractivity contribution in [3.05, 3.63) is 92.6 Å². The molecule has 10 aliphatic carbocycles. The van der Waals surface area contributed by atoms with Crippen molar-refractivity contribution in [3.8, 4) is 0 Å². The van der Waals surface area contributed by atoms with Crippen LogP contribution in [0.15, 0.2) is 47.9 Å². The number of epoxide rings is 1. The molecule has 3 aromatic heterocycles. The van der Waals surface area contributed by atoms with Gasteiger partial charge in [0.15, 0.2) is 5.78 Å². The van der Waals surface area contributed by atoms with Gasteiger partial charge in [0.2, 0.25) is 0 Å². The minimum absolute atomic E-state index is 0.0590. The number of benzene rings is 1. The SMILES string of the molecule is CN[C@@H]1CCC[C@@]2(C1)C(=O)[C@@H]1c3cc[nH]c3[C@@H]3CC[C@]1(C3)[C@@]1(C)[C@H]3[C@H](O)[C@@H]4Cn5cc([C@@H]6C(=O)CCc7c6cc(C6CCCCC6)cc7[C@]6(O)CCOC7(CCCCC7)C6)c6[nH]cc(c65)CC[C@@](C)(C[C@@H](O)[C@H]5OC5(C)C)C5=C4[C@](C)(CC5=O)[C@@]3(C)CC[C@@H]21. The zero-order chi connectivity index (χ0) is 61.4. The Bertz CT molecular complexity index is 3640. The summed E-state index contributed by atoms with van der Waals surface area (Å²) in [5.41, 5.74) is 7.83. The van der Waals surface area contributed by atoms with E-state index in [4.69, 9.17) is 9.47 Å². The van der Waals surface area contributed by atoms with E-state index >= 15 is 14.4 Å². The van der Waals surface area contributed by atoms with E-state index in [0.29, 0.717) is 82.1 Å². The number of H-pyrrole nitrogens is 2. The molecule has 2 bridgehead atoms. The standard InChI is InChI=1S/C77H102N4O8/c1-69(2)68(89-69)56(84)37-70(3)27-20-45-39-80-63-51(58-50-33-46(43-15-10-8-11-16-43)34-53(48(50)18-19-54(58)82)77(87)30-32-88-74(42-77)24-12-9-13-25-74)40-81(64(45)63)41-52-59-61(70)55(83)38-72(59,5)71(4)28-22-57-73(6,66(71)65(52)85)76-29-21-44(35-76)62-49(23-31-79-62)60(76)67(86)75(57)26-14-17-47(36-75)78-7/h23,31,33-34,39-40,43-44,47,52,56-58,60,65-66,68,78-80,84-85,87H,8-22,24-30,32,35-38,41-42H2,1-7H3/t44-,47-,52-,56-,57-,58-,60+,65-,66+,68-,70+,71+,72+,73-,75+,76-,77+/m1/s1. The molecule has 9 fully saturated rings.